The molecule has 1 aromatic carbocycles. The largest absolute Gasteiger partial charge is 0.493 e. The second kappa shape index (κ2) is 8.62. The number of piperazine rings is 1. The van der Waals surface area contributed by atoms with Gasteiger partial charge in [0.25, 0.3) is 0 Å². The van der Waals surface area contributed by atoms with Crippen LogP contribution in [0.4, 0.5) is 4.79 Å². The van der Waals surface area contributed by atoms with E-state index in [0.29, 0.717) is 31.1 Å². The van der Waals surface area contributed by atoms with Gasteiger partial charge in [-0.15, -0.1) is 0 Å². The summed E-state index contributed by atoms with van der Waals surface area (Å²) < 4.78 is 15.9. The van der Waals surface area contributed by atoms with Crippen LogP contribution in [-0.4, -0.2) is 56.2 Å². The van der Waals surface area contributed by atoms with Crippen LogP contribution in [0, 0.1) is 0 Å². The van der Waals surface area contributed by atoms with Crippen molar-refractivity contribution in [1.82, 2.24) is 15.1 Å². The van der Waals surface area contributed by atoms with Crippen LogP contribution in [0.25, 0.3) is 0 Å². The van der Waals surface area contributed by atoms with Crippen molar-refractivity contribution in [1.29, 1.82) is 0 Å². The standard InChI is InChI=1S/C19H25N3O4/c1-24-17-6-5-15(12-18(17)25-2)13-20-19(23)22-9-7-21(8-10-22)14-16-4-3-11-26-16/h3-6,11-12H,7-10,13-14H2,1-2H3,(H,20,23). The smallest absolute Gasteiger partial charge is 0.317 e. The van der Waals surface area contributed by atoms with Gasteiger partial charge in [-0.1, -0.05) is 6.07 Å². The van der Waals surface area contributed by atoms with Crippen molar-refractivity contribution in [3.8, 4) is 11.5 Å². The molecule has 0 aliphatic carbocycles. The number of ether oxygens (including phenoxy) is 2. The summed E-state index contributed by atoms with van der Waals surface area (Å²) >= 11 is 0. The maximum absolute atomic E-state index is 12.4. The number of methoxy groups -OCH3 is 2. The molecule has 7 heteroatoms. The minimum atomic E-state index is -0.0440. The van der Waals surface area contributed by atoms with Crippen LogP contribution in [0.15, 0.2) is 41.0 Å². The molecule has 0 unspecified atom stereocenters. The van der Waals surface area contributed by atoms with Crippen LogP contribution in [0.2, 0.25) is 0 Å². The molecule has 1 aliphatic heterocycles. The Kier molecular flexibility index (Phi) is 6.01. The van der Waals surface area contributed by atoms with Gasteiger partial charge in [-0.25, -0.2) is 4.79 Å². The highest BCUT2D eigenvalue weighted by molar-refractivity contribution is 5.74. The molecule has 26 heavy (non-hydrogen) atoms. The fourth-order valence-electron chi connectivity index (χ4n) is 3.01. The van der Waals surface area contributed by atoms with Gasteiger partial charge >= 0.3 is 6.03 Å². The highest BCUT2D eigenvalue weighted by atomic mass is 16.5. The molecule has 1 aromatic heterocycles. The second-order valence-electron chi connectivity index (χ2n) is 6.19. The summed E-state index contributed by atoms with van der Waals surface area (Å²) in [7, 11) is 3.20. The lowest BCUT2D eigenvalue weighted by Gasteiger charge is -2.34. The fourth-order valence-corrected chi connectivity index (χ4v) is 3.01. The zero-order valence-corrected chi connectivity index (χ0v) is 15.2. The fraction of sp³-hybridized carbons (Fsp3) is 0.421. The Morgan fingerprint density at radius 3 is 2.54 bits per heavy atom. The highest BCUT2D eigenvalue weighted by Gasteiger charge is 2.21. The molecule has 1 aliphatic rings. The number of nitrogens with zero attached hydrogens (tertiary/aromatic N) is 2. The summed E-state index contributed by atoms with van der Waals surface area (Å²) in [4.78, 5) is 16.5. The summed E-state index contributed by atoms with van der Waals surface area (Å²) in [6, 6.07) is 9.46. The number of rotatable bonds is 6. The van der Waals surface area contributed by atoms with E-state index in [1.165, 1.54) is 0 Å². The Morgan fingerprint density at radius 2 is 1.88 bits per heavy atom. The Labute approximate surface area is 153 Å². The van der Waals surface area contributed by atoms with E-state index in [-0.39, 0.29) is 6.03 Å². The molecular formula is C19H25N3O4. The zero-order chi connectivity index (χ0) is 18.4. The molecule has 1 N–H and O–H groups in total. The van der Waals surface area contributed by atoms with Crippen molar-refractivity contribution < 1.29 is 18.7 Å². The summed E-state index contributed by atoms with van der Waals surface area (Å²) in [6.07, 6.45) is 1.69. The topological polar surface area (TPSA) is 67.2 Å². The van der Waals surface area contributed by atoms with Gasteiger partial charge in [0.1, 0.15) is 5.76 Å². The molecule has 0 bridgehead atoms. The lowest BCUT2D eigenvalue weighted by molar-refractivity contribution is 0.130. The Hall–Kier alpha value is -2.67. The number of hydrogen-bond donors (Lipinski definition) is 1. The maximum atomic E-state index is 12.4. The molecule has 2 heterocycles. The second-order valence-corrected chi connectivity index (χ2v) is 6.19. The summed E-state index contributed by atoms with van der Waals surface area (Å²) in [5, 5.41) is 2.97. The first-order valence-electron chi connectivity index (χ1n) is 8.68. The Balaban J connectivity index is 1.46. The van der Waals surface area contributed by atoms with E-state index in [1.807, 2.05) is 35.2 Å². The Bertz CT molecular complexity index is 710. The molecule has 2 amide bonds. The average molecular weight is 359 g/mol. The third kappa shape index (κ3) is 4.49. The predicted molar refractivity (Wildman–Crippen MR) is 97.3 cm³/mol. The molecule has 0 radical (unpaired) electrons. The summed E-state index contributed by atoms with van der Waals surface area (Å²) in [5.41, 5.74) is 0.965. The third-order valence-corrected chi connectivity index (χ3v) is 4.51. The molecule has 0 spiro atoms. The number of carbonyl (C=O) groups is 1. The molecule has 1 saturated heterocycles. The van der Waals surface area contributed by atoms with Crippen LogP contribution < -0.4 is 14.8 Å². The van der Waals surface area contributed by atoms with E-state index in [9.17, 15) is 4.79 Å². The van der Waals surface area contributed by atoms with E-state index < -0.39 is 0 Å². The Morgan fingerprint density at radius 1 is 1.12 bits per heavy atom. The maximum Gasteiger partial charge on any atom is 0.317 e. The van der Waals surface area contributed by atoms with Crippen LogP contribution >= 0.6 is 0 Å². The minimum Gasteiger partial charge on any atom is -0.493 e. The van der Waals surface area contributed by atoms with Crippen molar-refractivity contribution >= 4 is 6.03 Å². The van der Waals surface area contributed by atoms with Crippen LogP contribution in [0.3, 0.4) is 0 Å². The van der Waals surface area contributed by atoms with Gasteiger partial charge in [0.2, 0.25) is 0 Å². The van der Waals surface area contributed by atoms with Crippen molar-refractivity contribution in [2.75, 3.05) is 40.4 Å². The number of nitrogens with one attached hydrogen (secondary N) is 1. The molecule has 7 nitrogen and oxygen atoms in total. The van der Waals surface area contributed by atoms with Crippen molar-refractivity contribution in [3.05, 3.63) is 47.9 Å². The average Bonchev–Trinajstić information content (AvgIpc) is 3.19. The van der Waals surface area contributed by atoms with Crippen molar-refractivity contribution in [3.63, 3.8) is 0 Å². The van der Waals surface area contributed by atoms with Crippen molar-refractivity contribution in [2.24, 2.45) is 0 Å². The van der Waals surface area contributed by atoms with Gasteiger partial charge in [0.05, 0.1) is 27.0 Å². The number of furan rings is 1. The van der Waals surface area contributed by atoms with E-state index in [1.54, 1.807) is 20.5 Å². The zero-order valence-electron chi connectivity index (χ0n) is 15.2. The third-order valence-electron chi connectivity index (χ3n) is 4.51. The number of carbonyl (C=O) groups excluding carboxylic acids is 1. The van der Waals surface area contributed by atoms with Gasteiger partial charge in [-0.3, -0.25) is 4.90 Å². The van der Waals surface area contributed by atoms with Gasteiger partial charge < -0.3 is 24.1 Å². The number of hydrogen-bond acceptors (Lipinski definition) is 5. The molecule has 0 saturated carbocycles. The summed E-state index contributed by atoms with van der Waals surface area (Å²) in [5.74, 6) is 2.29. The highest BCUT2D eigenvalue weighted by Crippen LogP contribution is 2.27. The monoisotopic (exact) mass is 359 g/mol. The van der Waals surface area contributed by atoms with E-state index in [4.69, 9.17) is 13.9 Å². The van der Waals surface area contributed by atoms with Gasteiger partial charge in [-0.05, 0) is 29.8 Å². The van der Waals surface area contributed by atoms with Gasteiger partial charge in [-0.2, -0.15) is 0 Å². The molecule has 140 valence electrons. The van der Waals surface area contributed by atoms with Gasteiger partial charge in [0, 0.05) is 32.7 Å². The van der Waals surface area contributed by atoms with E-state index in [2.05, 4.69) is 10.2 Å². The van der Waals surface area contributed by atoms with Crippen LogP contribution in [-0.2, 0) is 13.1 Å². The number of benzene rings is 1. The van der Waals surface area contributed by atoms with E-state index in [0.717, 1.165) is 31.0 Å². The number of amides is 2. The van der Waals surface area contributed by atoms with Crippen LogP contribution in [0.1, 0.15) is 11.3 Å². The molecule has 0 atom stereocenters. The molecule has 2 aromatic rings. The molecular weight excluding hydrogens is 334 g/mol. The predicted octanol–water partition coefficient (Wildman–Crippen LogP) is 2.32. The van der Waals surface area contributed by atoms with E-state index >= 15 is 0 Å². The minimum absolute atomic E-state index is 0.0440. The first-order valence-corrected chi connectivity index (χ1v) is 8.68. The lowest BCUT2D eigenvalue weighted by Crippen LogP contribution is -2.51. The first-order chi connectivity index (χ1) is 12.7. The molecule has 3 rings (SSSR count). The normalized spacial score (nSPS) is 14.9. The van der Waals surface area contributed by atoms with Crippen molar-refractivity contribution in [2.45, 2.75) is 13.1 Å². The van der Waals surface area contributed by atoms with Gasteiger partial charge in [0.15, 0.2) is 11.5 Å². The lowest BCUT2D eigenvalue weighted by atomic mass is 10.2. The van der Waals surface area contributed by atoms with Crippen LogP contribution in [0.5, 0.6) is 11.5 Å². The summed E-state index contributed by atoms with van der Waals surface area (Å²) in [6.45, 7) is 4.33. The number of urea groups is 1. The SMILES string of the molecule is COc1ccc(CNC(=O)N2CCN(Cc3ccco3)CC2)cc1OC. The molecule has 1 fully saturated rings. The quantitative estimate of drug-likeness (QED) is 0.857. The first kappa shape index (κ1) is 18.1.